The molecule has 0 radical (unpaired) electrons. The molecule has 1 aliphatic heterocycles. The Morgan fingerprint density at radius 3 is 2.58 bits per heavy atom. The molecular formula is C14H22FN3O. The minimum Gasteiger partial charge on any atom is -0.494 e. The molecule has 106 valence electrons. The summed E-state index contributed by atoms with van der Waals surface area (Å²) in [5.74, 6) is -0.00380. The monoisotopic (exact) mass is 267 g/mol. The highest BCUT2D eigenvalue weighted by Crippen LogP contribution is 2.24. The molecule has 19 heavy (non-hydrogen) atoms. The van der Waals surface area contributed by atoms with Crippen LogP contribution >= 0.6 is 0 Å². The van der Waals surface area contributed by atoms with Crippen molar-refractivity contribution in [1.82, 2.24) is 4.90 Å². The van der Waals surface area contributed by atoms with Gasteiger partial charge in [0.05, 0.1) is 7.11 Å². The van der Waals surface area contributed by atoms with E-state index in [0.717, 1.165) is 51.4 Å². The molecule has 1 aromatic rings. The van der Waals surface area contributed by atoms with E-state index in [1.54, 1.807) is 12.1 Å². The van der Waals surface area contributed by atoms with Gasteiger partial charge < -0.3 is 15.4 Å². The van der Waals surface area contributed by atoms with Crippen molar-refractivity contribution < 1.29 is 9.13 Å². The van der Waals surface area contributed by atoms with Crippen molar-refractivity contribution in [3.05, 3.63) is 24.0 Å². The fourth-order valence-corrected chi connectivity index (χ4v) is 2.40. The number of hydrogen-bond donors (Lipinski definition) is 1. The van der Waals surface area contributed by atoms with E-state index in [0.29, 0.717) is 5.75 Å². The number of hydrogen-bond acceptors (Lipinski definition) is 4. The highest BCUT2D eigenvalue weighted by molar-refractivity contribution is 5.50. The number of piperazine rings is 1. The fraction of sp³-hybridized carbons (Fsp3) is 0.571. The summed E-state index contributed by atoms with van der Waals surface area (Å²) in [7, 11) is 1.48. The smallest absolute Gasteiger partial charge is 0.167 e. The van der Waals surface area contributed by atoms with E-state index in [9.17, 15) is 4.39 Å². The minimum absolute atomic E-state index is 0.297. The first-order valence-corrected chi connectivity index (χ1v) is 6.75. The summed E-state index contributed by atoms with van der Waals surface area (Å²) in [4.78, 5) is 4.62. The third-order valence-corrected chi connectivity index (χ3v) is 3.55. The Balaban J connectivity index is 1.92. The van der Waals surface area contributed by atoms with Gasteiger partial charge in [-0.25, -0.2) is 4.39 Å². The van der Waals surface area contributed by atoms with Gasteiger partial charge in [0.15, 0.2) is 11.6 Å². The average molecular weight is 267 g/mol. The SMILES string of the molecule is COc1ccc(N2CCN(CCCN)CC2)cc1F. The fourth-order valence-electron chi connectivity index (χ4n) is 2.40. The number of methoxy groups -OCH3 is 1. The number of anilines is 1. The van der Waals surface area contributed by atoms with Crippen LogP contribution < -0.4 is 15.4 Å². The van der Waals surface area contributed by atoms with E-state index < -0.39 is 0 Å². The Kier molecular flexibility index (Phi) is 4.99. The molecule has 0 aliphatic carbocycles. The van der Waals surface area contributed by atoms with Crippen molar-refractivity contribution in [3.8, 4) is 5.75 Å². The van der Waals surface area contributed by atoms with Crippen molar-refractivity contribution in [3.63, 3.8) is 0 Å². The van der Waals surface area contributed by atoms with Crippen LogP contribution in [-0.4, -0.2) is 51.3 Å². The Hall–Kier alpha value is -1.33. The van der Waals surface area contributed by atoms with Crippen LogP contribution in [-0.2, 0) is 0 Å². The van der Waals surface area contributed by atoms with E-state index in [1.165, 1.54) is 7.11 Å². The Morgan fingerprint density at radius 1 is 1.26 bits per heavy atom. The zero-order chi connectivity index (χ0) is 13.7. The van der Waals surface area contributed by atoms with Gasteiger partial charge in [-0.05, 0) is 31.6 Å². The van der Waals surface area contributed by atoms with Crippen molar-refractivity contribution in [2.24, 2.45) is 5.73 Å². The molecule has 5 heteroatoms. The van der Waals surface area contributed by atoms with Crippen molar-refractivity contribution in [1.29, 1.82) is 0 Å². The molecule has 0 aromatic heterocycles. The predicted octanol–water partition coefficient (Wildman–Crippen LogP) is 1.31. The summed E-state index contributed by atoms with van der Waals surface area (Å²) >= 11 is 0. The Bertz CT molecular complexity index is 406. The van der Waals surface area contributed by atoms with E-state index >= 15 is 0 Å². The van der Waals surface area contributed by atoms with E-state index in [-0.39, 0.29) is 5.82 Å². The molecule has 1 saturated heterocycles. The summed E-state index contributed by atoms with van der Waals surface area (Å²) in [6, 6.07) is 5.15. The number of benzene rings is 1. The van der Waals surface area contributed by atoms with Crippen LogP contribution in [0.4, 0.5) is 10.1 Å². The third-order valence-electron chi connectivity index (χ3n) is 3.55. The highest BCUT2D eigenvalue weighted by atomic mass is 19.1. The largest absolute Gasteiger partial charge is 0.494 e. The predicted molar refractivity (Wildman–Crippen MR) is 75.3 cm³/mol. The van der Waals surface area contributed by atoms with Gasteiger partial charge in [0, 0.05) is 37.9 Å². The Morgan fingerprint density at radius 2 is 2.00 bits per heavy atom. The van der Waals surface area contributed by atoms with Gasteiger partial charge in [-0.2, -0.15) is 0 Å². The number of nitrogens with zero attached hydrogens (tertiary/aromatic N) is 2. The standard InChI is InChI=1S/C14H22FN3O/c1-19-14-4-3-12(11-13(14)15)18-9-7-17(8-10-18)6-2-5-16/h3-4,11H,2,5-10,16H2,1H3. The van der Waals surface area contributed by atoms with Crippen LogP contribution in [0.25, 0.3) is 0 Å². The maximum absolute atomic E-state index is 13.7. The molecule has 0 bridgehead atoms. The molecule has 1 aromatic carbocycles. The second-order valence-corrected chi connectivity index (χ2v) is 4.79. The van der Waals surface area contributed by atoms with Crippen LogP contribution in [0.15, 0.2) is 18.2 Å². The van der Waals surface area contributed by atoms with E-state index in [1.807, 2.05) is 6.07 Å². The number of ether oxygens (including phenoxy) is 1. The summed E-state index contributed by atoms with van der Waals surface area (Å²) in [6.07, 6.45) is 1.04. The second-order valence-electron chi connectivity index (χ2n) is 4.79. The van der Waals surface area contributed by atoms with Gasteiger partial charge in [0.25, 0.3) is 0 Å². The molecule has 2 N–H and O–H groups in total. The maximum atomic E-state index is 13.7. The maximum Gasteiger partial charge on any atom is 0.167 e. The van der Waals surface area contributed by atoms with Crippen LogP contribution in [0, 0.1) is 5.82 Å². The zero-order valence-corrected chi connectivity index (χ0v) is 11.4. The topological polar surface area (TPSA) is 41.7 Å². The van der Waals surface area contributed by atoms with Crippen LogP contribution in [0.3, 0.4) is 0 Å². The van der Waals surface area contributed by atoms with Gasteiger partial charge in [0.1, 0.15) is 0 Å². The van der Waals surface area contributed by atoms with Gasteiger partial charge in [0.2, 0.25) is 0 Å². The quantitative estimate of drug-likeness (QED) is 0.873. The first-order valence-electron chi connectivity index (χ1n) is 6.75. The zero-order valence-electron chi connectivity index (χ0n) is 11.4. The van der Waals surface area contributed by atoms with Crippen LogP contribution in [0.1, 0.15) is 6.42 Å². The lowest BCUT2D eigenvalue weighted by molar-refractivity contribution is 0.256. The summed E-state index contributed by atoms with van der Waals surface area (Å²) in [5, 5.41) is 0. The third kappa shape index (κ3) is 3.58. The summed E-state index contributed by atoms with van der Waals surface area (Å²) in [5.41, 5.74) is 6.44. The van der Waals surface area contributed by atoms with Crippen molar-refractivity contribution in [2.75, 3.05) is 51.3 Å². The molecular weight excluding hydrogens is 245 g/mol. The minimum atomic E-state index is -0.300. The molecule has 0 atom stereocenters. The molecule has 1 fully saturated rings. The first-order chi connectivity index (χ1) is 9.24. The van der Waals surface area contributed by atoms with Crippen molar-refractivity contribution in [2.45, 2.75) is 6.42 Å². The number of nitrogens with two attached hydrogens (primary N) is 1. The van der Waals surface area contributed by atoms with Crippen LogP contribution in [0.5, 0.6) is 5.75 Å². The number of halogens is 1. The lowest BCUT2D eigenvalue weighted by Gasteiger charge is -2.36. The molecule has 0 amide bonds. The van der Waals surface area contributed by atoms with Crippen molar-refractivity contribution >= 4 is 5.69 Å². The van der Waals surface area contributed by atoms with Gasteiger partial charge in [-0.3, -0.25) is 4.90 Å². The molecule has 4 nitrogen and oxygen atoms in total. The molecule has 0 spiro atoms. The molecule has 0 saturated carbocycles. The number of rotatable bonds is 5. The summed E-state index contributed by atoms with van der Waals surface area (Å²) < 4.78 is 18.6. The van der Waals surface area contributed by atoms with Gasteiger partial charge in [-0.15, -0.1) is 0 Å². The normalized spacial score (nSPS) is 16.7. The highest BCUT2D eigenvalue weighted by Gasteiger charge is 2.17. The van der Waals surface area contributed by atoms with E-state index in [4.69, 9.17) is 10.5 Å². The first kappa shape index (κ1) is 14.1. The second kappa shape index (κ2) is 6.73. The molecule has 2 rings (SSSR count). The van der Waals surface area contributed by atoms with Gasteiger partial charge >= 0.3 is 0 Å². The summed E-state index contributed by atoms with van der Waals surface area (Å²) in [6.45, 7) is 5.67. The van der Waals surface area contributed by atoms with Crippen LogP contribution in [0.2, 0.25) is 0 Å². The Labute approximate surface area is 113 Å². The molecule has 1 heterocycles. The lowest BCUT2D eigenvalue weighted by Crippen LogP contribution is -2.46. The van der Waals surface area contributed by atoms with E-state index in [2.05, 4.69) is 9.80 Å². The average Bonchev–Trinajstić information content (AvgIpc) is 2.45. The molecule has 0 unspecified atom stereocenters. The lowest BCUT2D eigenvalue weighted by atomic mass is 10.2. The van der Waals surface area contributed by atoms with Gasteiger partial charge in [-0.1, -0.05) is 0 Å². The molecule has 1 aliphatic rings.